The fraction of sp³-hybridized carbons (Fsp3) is 0.556. The van der Waals surface area contributed by atoms with Gasteiger partial charge in [0, 0.05) is 17.8 Å². The van der Waals surface area contributed by atoms with Gasteiger partial charge in [0.05, 0.1) is 6.04 Å². The van der Waals surface area contributed by atoms with Crippen LogP contribution >= 0.6 is 0 Å². The predicted octanol–water partition coefficient (Wildman–Crippen LogP) is 2.46. The summed E-state index contributed by atoms with van der Waals surface area (Å²) >= 11 is 0. The van der Waals surface area contributed by atoms with Gasteiger partial charge in [0.25, 0.3) is 5.91 Å². The Morgan fingerprint density at radius 2 is 2.09 bits per heavy atom. The van der Waals surface area contributed by atoms with Gasteiger partial charge in [0.1, 0.15) is 0 Å². The van der Waals surface area contributed by atoms with Gasteiger partial charge in [0.15, 0.2) is 0 Å². The molecule has 0 saturated carbocycles. The molecule has 0 radical (unpaired) electrons. The molecule has 126 valence electrons. The van der Waals surface area contributed by atoms with Crippen molar-refractivity contribution in [1.29, 1.82) is 0 Å². The van der Waals surface area contributed by atoms with E-state index in [-0.39, 0.29) is 17.9 Å². The van der Waals surface area contributed by atoms with Crippen LogP contribution in [0.25, 0.3) is 0 Å². The molecule has 1 atom stereocenters. The van der Waals surface area contributed by atoms with Crippen molar-refractivity contribution in [1.82, 2.24) is 10.6 Å². The van der Waals surface area contributed by atoms with Crippen LogP contribution in [0.15, 0.2) is 18.2 Å². The van der Waals surface area contributed by atoms with Crippen LogP contribution in [0.2, 0.25) is 0 Å². The molecule has 1 aliphatic heterocycles. The molecule has 1 fully saturated rings. The van der Waals surface area contributed by atoms with Gasteiger partial charge >= 0.3 is 0 Å². The molecule has 3 N–H and O–H groups in total. The topological polar surface area (TPSA) is 70.2 Å². The molecule has 1 aromatic rings. The Balaban J connectivity index is 1.98. The molecule has 0 spiro atoms. The van der Waals surface area contributed by atoms with Crippen LogP contribution in [0, 0.1) is 12.8 Å². The number of rotatable bonds is 5. The van der Waals surface area contributed by atoms with Crippen LogP contribution in [0.1, 0.15) is 49.0 Å². The summed E-state index contributed by atoms with van der Waals surface area (Å²) in [5.74, 6) is 0.347. The zero-order valence-electron chi connectivity index (χ0n) is 14.2. The quantitative estimate of drug-likeness (QED) is 0.781. The average Bonchev–Trinajstić information content (AvgIpc) is 2.55. The summed E-state index contributed by atoms with van der Waals surface area (Å²) in [6, 6.07) is 5.27. The summed E-state index contributed by atoms with van der Waals surface area (Å²) in [5.41, 5.74) is 2.28. The summed E-state index contributed by atoms with van der Waals surface area (Å²) < 4.78 is 0. The molecule has 1 unspecified atom stereocenters. The van der Waals surface area contributed by atoms with Gasteiger partial charge in [-0.05, 0) is 56.0 Å². The zero-order chi connectivity index (χ0) is 16.8. The van der Waals surface area contributed by atoms with E-state index in [1.807, 2.05) is 13.0 Å². The highest BCUT2D eigenvalue weighted by atomic mass is 16.2. The lowest BCUT2D eigenvalue weighted by molar-refractivity contribution is -0.118. The molecule has 1 aliphatic rings. The third kappa shape index (κ3) is 5.06. The van der Waals surface area contributed by atoms with Crippen molar-refractivity contribution in [3.63, 3.8) is 0 Å². The van der Waals surface area contributed by atoms with E-state index >= 15 is 0 Å². The summed E-state index contributed by atoms with van der Waals surface area (Å²) in [7, 11) is 0. The van der Waals surface area contributed by atoms with Gasteiger partial charge in [-0.1, -0.05) is 20.3 Å². The minimum Gasteiger partial charge on any atom is -0.352 e. The molecule has 0 bridgehead atoms. The SMILES string of the molecule is Cc1cc(C(=O)NCC(C)C)ccc1NC(=O)C1CCCCN1. The molecule has 1 heterocycles. The normalized spacial score (nSPS) is 17.8. The highest BCUT2D eigenvalue weighted by Gasteiger charge is 2.21. The Bertz CT molecular complexity index is 563. The molecule has 1 aromatic carbocycles. The van der Waals surface area contributed by atoms with Gasteiger partial charge in [0.2, 0.25) is 5.91 Å². The lowest BCUT2D eigenvalue weighted by Crippen LogP contribution is -2.43. The molecule has 1 saturated heterocycles. The molecule has 0 aliphatic carbocycles. The van der Waals surface area contributed by atoms with Crippen molar-refractivity contribution in [3.05, 3.63) is 29.3 Å². The predicted molar refractivity (Wildman–Crippen MR) is 92.6 cm³/mol. The number of piperidine rings is 1. The van der Waals surface area contributed by atoms with Gasteiger partial charge in [-0.2, -0.15) is 0 Å². The molecule has 5 nitrogen and oxygen atoms in total. The zero-order valence-corrected chi connectivity index (χ0v) is 14.2. The van der Waals surface area contributed by atoms with Crippen LogP contribution in [0.5, 0.6) is 0 Å². The van der Waals surface area contributed by atoms with E-state index in [1.54, 1.807) is 12.1 Å². The first-order chi connectivity index (χ1) is 11.0. The molecule has 0 aromatic heterocycles. The number of benzene rings is 1. The fourth-order valence-electron chi connectivity index (χ4n) is 2.64. The van der Waals surface area contributed by atoms with Crippen LogP contribution in [0.3, 0.4) is 0 Å². The minimum atomic E-state index is -0.114. The van der Waals surface area contributed by atoms with E-state index in [2.05, 4.69) is 29.8 Å². The monoisotopic (exact) mass is 317 g/mol. The van der Waals surface area contributed by atoms with E-state index in [1.165, 1.54) is 0 Å². The second-order valence-corrected chi connectivity index (χ2v) is 6.63. The second kappa shape index (κ2) is 8.11. The maximum atomic E-state index is 12.3. The standard InChI is InChI=1S/C18H27N3O2/c1-12(2)11-20-17(22)14-7-8-15(13(3)10-14)21-18(23)16-6-4-5-9-19-16/h7-8,10,12,16,19H,4-6,9,11H2,1-3H3,(H,20,22)(H,21,23). The van der Waals surface area contributed by atoms with E-state index < -0.39 is 0 Å². The Labute approximate surface area is 138 Å². The molecular formula is C18H27N3O2. The van der Waals surface area contributed by atoms with Crippen molar-refractivity contribution >= 4 is 17.5 Å². The maximum Gasteiger partial charge on any atom is 0.251 e. The first-order valence-corrected chi connectivity index (χ1v) is 8.40. The van der Waals surface area contributed by atoms with Crippen molar-refractivity contribution in [3.8, 4) is 0 Å². The Kier molecular flexibility index (Phi) is 6.16. The molecule has 5 heteroatoms. The lowest BCUT2D eigenvalue weighted by Gasteiger charge is -2.23. The summed E-state index contributed by atoms with van der Waals surface area (Å²) in [6.45, 7) is 7.58. The summed E-state index contributed by atoms with van der Waals surface area (Å²) in [4.78, 5) is 24.3. The van der Waals surface area contributed by atoms with Gasteiger partial charge in [-0.3, -0.25) is 9.59 Å². The number of anilines is 1. The first-order valence-electron chi connectivity index (χ1n) is 8.40. The third-order valence-corrected chi connectivity index (χ3v) is 4.04. The Morgan fingerprint density at radius 3 is 2.70 bits per heavy atom. The molecular weight excluding hydrogens is 290 g/mol. The number of carbonyl (C=O) groups excluding carboxylic acids is 2. The molecule has 23 heavy (non-hydrogen) atoms. The number of nitrogens with one attached hydrogen (secondary N) is 3. The lowest BCUT2D eigenvalue weighted by atomic mass is 10.0. The van der Waals surface area contributed by atoms with Crippen molar-refractivity contribution in [2.24, 2.45) is 5.92 Å². The van der Waals surface area contributed by atoms with Gasteiger partial charge in [-0.15, -0.1) is 0 Å². The van der Waals surface area contributed by atoms with E-state index in [0.717, 1.165) is 37.1 Å². The highest BCUT2D eigenvalue weighted by Crippen LogP contribution is 2.18. The molecule has 2 rings (SSSR count). The van der Waals surface area contributed by atoms with Crippen LogP contribution in [-0.2, 0) is 4.79 Å². The minimum absolute atomic E-state index is 0.00445. The van der Waals surface area contributed by atoms with Crippen molar-refractivity contribution < 1.29 is 9.59 Å². The molecule has 2 amide bonds. The highest BCUT2D eigenvalue weighted by molar-refractivity contribution is 5.98. The number of hydrogen-bond donors (Lipinski definition) is 3. The second-order valence-electron chi connectivity index (χ2n) is 6.63. The van der Waals surface area contributed by atoms with Gasteiger partial charge in [-0.25, -0.2) is 0 Å². The maximum absolute atomic E-state index is 12.3. The third-order valence-electron chi connectivity index (χ3n) is 4.04. The summed E-state index contributed by atoms with van der Waals surface area (Å²) in [6.07, 6.45) is 3.09. The Hall–Kier alpha value is -1.88. The largest absolute Gasteiger partial charge is 0.352 e. The van der Waals surface area contributed by atoms with Crippen molar-refractivity contribution in [2.45, 2.75) is 46.1 Å². The van der Waals surface area contributed by atoms with Crippen LogP contribution in [0.4, 0.5) is 5.69 Å². The van der Waals surface area contributed by atoms with Crippen LogP contribution in [-0.4, -0.2) is 30.9 Å². The van der Waals surface area contributed by atoms with Crippen LogP contribution < -0.4 is 16.0 Å². The number of hydrogen-bond acceptors (Lipinski definition) is 3. The van der Waals surface area contributed by atoms with E-state index in [9.17, 15) is 9.59 Å². The number of aryl methyl sites for hydroxylation is 1. The van der Waals surface area contributed by atoms with E-state index in [0.29, 0.717) is 18.0 Å². The van der Waals surface area contributed by atoms with Gasteiger partial charge < -0.3 is 16.0 Å². The first kappa shape index (κ1) is 17.5. The number of carbonyl (C=O) groups is 2. The van der Waals surface area contributed by atoms with E-state index in [4.69, 9.17) is 0 Å². The summed E-state index contributed by atoms with van der Waals surface area (Å²) in [5, 5.41) is 9.10. The van der Waals surface area contributed by atoms with Crippen molar-refractivity contribution in [2.75, 3.05) is 18.4 Å². The average molecular weight is 317 g/mol. The fourth-order valence-corrected chi connectivity index (χ4v) is 2.64. The number of amides is 2. The smallest absolute Gasteiger partial charge is 0.251 e. The Morgan fingerprint density at radius 1 is 1.30 bits per heavy atom.